The minimum Gasteiger partial charge on any atom is -0.475 e. The smallest absolute Gasteiger partial charge is 0.258 e. The normalized spacial score (nSPS) is 19.6. The molecule has 3 rings (SSSR count). The number of pyridine rings is 1. The highest BCUT2D eigenvalue weighted by Gasteiger charge is 2.23. The average molecular weight is 289 g/mol. The van der Waals surface area contributed by atoms with Crippen LogP contribution in [0, 0.1) is 0 Å². The fourth-order valence-corrected chi connectivity index (χ4v) is 2.15. The van der Waals surface area contributed by atoms with E-state index in [1.54, 1.807) is 6.20 Å². The van der Waals surface area contributed by atoms with Crippen LogP contribution in [0.25, 0.3) is 11.5 Å². The van der Waals surface area contributed by atoms with Crippen molar-refractivity contribution < 1.29 is 14.0 Å². The van der Waals surface area contributed by atoms with Gasteiger partial charge in [0.2, 0.25) is 5.88 Å². The highest BCUT2D eigenvalue weighted by molar-refractivity contribution is 5.53. The molecule has 0 N–H and O–H groups in total. The third kappa shape index (κ3) is 3.21. The predicted molar refractivity (Wildman–Crippen MR) is 76.1 cm³/mol. The second kappa shape index (κ2) is 6.22. The van der Waals surface area contributed by atoms with Gasteiger partial charge in [0.25, 0.3) is 5.89 Å². The number of nitrogens with zero attached hydrogens (tertiary/aromatic N) is 3. The lowest BCUT2D eigenvalue weighted by Crippen LogP contribution is -2.10. The van der Waals surface area contributed by atoms with Crippen molar-refractivity contribution in [1.29, 1.82) is 0 Å². The van der Waals surface area contributed by atoms with Gasteiger partial charge in [-0.3, -0.25) is 0 Å². The van der Waals surface area contributed by atoms with E-state index in [0.29, 0.717) is 24.2 Å². The Morgan fingerprint density at radius 3 is 3.14 bits per heavy atom. The second-order valence-corrected chi connectivity index (χ2v) is 5.24. The highest BCUT2D eigenvalue weighted by Crippen LogP contribution is 2.26. The maximum absolute atomic E-state index is 5.71. The topological polar surface area (TPSA) is 70.3 Å². The zero-order valence-electron chi connectivity index (χ0n) is 12.3. The van der Waals surface area contributed by atoms with E-state index < -0.39 is 0 Å². The van der Waals surface area contributed by atoms with Crippen molar-refractivity contribution in [3.8, 4) is 17.3 Å². The third-order valence-corrected chi connectivity index (χ3v) is 3.62. The predicted octanol–water partition coefficient (Wildman–Crippen LogP) is 2.81. The first-order valence-corrected chi connectivity index (χ1v) is 7.30. The molecule has 0 unspecified atom stereocenters. The first kappa shape index (κ1) is 14.0. The molecule has 0 aromatic carbocycles. The monoisotopic (exact) mass is 289 g/mol. The zero-order chi connectivity index (χ0) is 14.7. The Morgan fingerprint density at radius 1 is 1.48 bits per heavy atom. The minimum absolute atomic E-state index is 0.127. The van der Waals surface area contributed by atoms with Crippen LogP contribution in [-0.2, 0) is 4.74 Å². The van der Waals surface area contributed by atoms with Crippen LogP contribution in [-0.4, -0.2) is 34.4 Å². The summed E-state index contributed by atoms with van der Waals surface area (Å²) in [6.07, 6.45) is 3.69. The van der Waals surface area contributed by atoms with Crippen LogP contribution in [0.4, 0.5) is 0 Å². The molecular formula is C15H19N3O3. The van der Waals surface area contributed by atoms with E-state index in [0.717, 1.165) is 25.0 Å². The van der Waals surface area contributed by atoms with Gasteiger partial charge in [0, 0.05) is 30.4 Å². The fraction of sp³-hybridized carbons (Fsp3) is 0.533. The molecule has 0 radical (unpaired) electrons. The van der Waals surface area contributed by atoms with E-state index in [-0.39, 0.29) is 12.0 Å². The molecule has 1 aliphatic heterocycles. The van der Waals surface area contributed by atoms with Gasteiger partial charge in [-0.1, -0.05) is 12.1 Å². The number of rotatable bonds is 5. The summed E-state index contributed by atoms with van der Waals surface area (Å²) in [4.78, 5) is 8.67. The number of aromatic nitrogens is 3. The summed E-state index contributed by atoms with van der Waals surface area (Å²) in [5, 5.41) is 4.05. The van der Waals surface area contributed by atoms with Crippen molar-refractivity contribution in [3.05, 3.63) is 24.2 Å². The van der Waals surface area contributed by atoms with Crippen molar-refractivity contribution in [2.75, 3.05) is 13.2 Å². The largest absolute Gasteiger partial charge is 0.475 e. The van der Waals surface area contributed by atoms with E-state index >= 15 is 0 Å². The molecule has 0 spiro atoms. The summed E-state index contributed by atoms with van der Waals surface area (Å²) in [6, 6.07) is 3.67. The van der Waals surface area contributed by atoms with Gasteiger partial charge < -0.3 is 14.0 Å². The molecule has 2 aromatic heterocycles. The van der Waals surface area contributed by atoms with Gasteiger partial charge in [0.1, 0.15) is 0 Å². The van der Waals surface area contributed by atoms with Gasteiger partial charge >= 0.3 is 0 Å². The Kier molecular flexibility index (Phi) is 4.15. The molecule has 21 heavy (non-hydrogen) atoms. The van der Waals surface area contributed by atoms with E-state index in [9.17, 15) is 0 Å². The molecule has 1 fully saturated rings. The molecule has 0 bridgehead atoms. The second-order valence-electron chi connectivity index (χ2n) is 5.24. The van der Waals surface area contributed by atoms with Crippen molar-refractivity contribution in [1.82, 2.24) is 15.1 Å². The van der Waals surface area contributed by atoms with E-state index in [1.807, 2.05) is 19.1 Å². The first-order chi connectivity index (χ1) is 10.3. The highest BCUT2D eigenvalue weighted by atomic mass is 16.5. The minimum atomic E-state index is 0.127. The van der Waals surface area contributed by atoms with Crippen molar-refractivity contribution >= 4 is 0 Å². The lowest BCUT2D eigenvalue weighted by Gasteiger charge is -2.11. The SMILES string of the molecule is CC[C@H](C)Oc1cc(-c2nc([C@H]3CCOC3)no2)ccn1. The Hall–Kier alpha value is -1.95. The molecule has 1 saturated heterocycles. The molecular weight excluding hydrogens is 270 g/mol. The molecule has 0 saturated carbocycles. The summed E-state index contributed by atoms with van der Waals surface area (Å²) < 4.78 is 16.4. The van der Waals surface area contributed by atoms with Crippen LogP contribution in [0.1, 0.15) is 38.4 Å². The van der Waals surface area contributed by atoms with Crippen LogP contribution in [0.3, 0.4) is 0 Å². The maximum Gasteiger partial charge on any atom is 0.258 e. The van der Waals surface area contributed by atoms with Gasteiger partial charge in [-0.05, 0) is 25.8 Å². The number of hydrogen-bond donors (Lipinski definition) is 0. The van der Waals surface area contributed by atoms with Gasteiger partial charge in [-0.2, -0.15) is 4.98 Å². The lowest BCUT2D eigenvalue weighted by atomic mass is 10.1. The van der Waals surface area contributed by atoms with E-state index in [2.05, 4.69) is 22.0 Å². The summed E-state index contributed by atoms with van der Waals surface area (Å²) in [5.74, 6) is 2.02. The quantitative estimate of drug-likeness (QED) is 0.843. The molecule has 6 heteroatoms. The Morgan fingerprint density at radius 2 is 2.38 bits per heavy atom. The molecule has 6 nitrogen and oxygen atoms in total. The molecule has 2 atom stereocenters. The molecule has 2 aromatic rings. The summed E-state index contributed by atoms with van der Waals surface area (Å²) in [7, 11) is 0. The molecule has 0 aliphatic carbocycles. The van der Waals surface area contributed by atoms with Gasteiger partial charge in [0.15, 0.2) is 5.82 Å². The molecule has 3 heterocycles. The third-order valence-electron chi connectivity index (χ3n) is 3.62. The molecule has 1 aliphatic rings. The van der Waals surface area contributed by atoms with E-state index in [4.69, 9.17) is 14.0 Å². The lowest BCUT2D eigenvalue weighted by molar-refractivity contribution is 0.192. The van der Waals surface area contributed by atoms with Gasteiger partial charge in [-0.15, -0.1) is 0 Å². The van der Waals surface area contributed by atoms with Crippen LogP contribution < -0.4 is 4.74 Å². The summed E-state index contributed by atoms with van der Waals surface area (Å²) in [5.41, 5.74) is 0.820. The van der Waals surface area contributed by atoms with Gasteiger partial charge in [-0.25, -0.2) is 4.98 Å². The first-order valence-electron chi connectivity index (χ1n) is 7.30. The summed E-state index contributed by atoms with van der Waals surface area (Å²) >= 11 is 0. The van der Waals surface area contributed by atoms with Crippen LogP contribution in [0.2, 0.25) is 0 Å². The standard InChI is InChI=1S/C15H19N3O3/c1-3-10(2)20-13-8-11(4-6-16-13)15-17-14(18-21-15)12-5-7-19-9-12/h4,6,8,10,12H,3,5,7,9H2,1-2H3/t10-,12-/m0/s1. The molecule has 112 valence electrons. The Balaban J connectivity index is 1.78. The van der Waals surface area contributed by atoms with Gasteiger partial charge in [0.05, 0.1) is 12.7 Å². The van der Waals surface area contributed by atoms with Crippen LogP contribution in [0.5, 0.6) is 5.88 Å². The maximum atomic E-state index is 5.71. The Bertz CT molecular complexity index is 593. The molecule has 0 amide bonds. The number of ether oxygens (including phenoxy) is 2. The van der Waals surface area contributed by atoms with Crippen LogP contribution in [0.15, 0.2) is 22.9 Å². The van der Waals surface area contributed by atoms with Crippen LogP contribution >= 0.6 is 0 Å². The van der Waals surface area contributed by atoms with Crippen molar-refractivity contribution in [3.63, 3.8) is 0 Å². The zero-order valence-corrected chi connectivity index (χ0v) is 12.3. The van der Waals surface area contributed by atoms with E-state index in [1.165, 1.54) is 0 Å². The fourth-order valence-electron chi connectivity index (χ4n) is 2.15. The number of hydrogen-bond acceptors (Lipinski definition) is 6. The van der Waals surface area contributed by atoms with Crippen molar-refractivity contribution in [2.24, 2.45) is 0 Å². The Labute approximate surface area is 123 Å². The van der Waals surface area contributed by atoms with Crippen molar-refractivity contribution in [2.45, 2.75) is 38.7 Å². The average Bonchev–Trinajstić information content (AvgIpc) is 3.18. The summed E-state index contributed by atoms with van der Waals surface area (Å²) in [6.45, 7) is 5.51.